The van der Waals surface area contributed by atoms with Crippen molar-refractivity contribution in [2.75, 3.05) is 17.2 Å². The minimum Gasteiger partial charge on any atom is -0.462 e. The highest BCUT2D eigenvalue weighted by Gasteiger charge is 2.21. The maximum absolute atomic E-state index is 12.3. The third-order valence-corrected chi connectivity index (χ3v) is 4.69. The van der Waals surface area contributed by atoms with Gasteiger partial charge in [-0.1, -0.05) is 31.4 Å². The van der Waals surface area contributed by atoms with E-state index in [1.165, 1.54) is 6.42 Å². The van der Waals surface area contributed by atoms with Crippen LogP contribution in [0.4, 0.5) is 17.2 Å². The van der Waals surface area contributed by atoms with E-state index in [4.69, 9.17) is 4.74 Å². The predicted molar refractivity (Wildman–Crippen MR) is 105 cm³/mol. The Morgan fingerprint density at radius 3 is 2.59 bits per heavy atom. The molecule has 1 aliphatic rings. The van der Waals surface area contributed by atoms with Crippen molar-refractivity contribution in [2.24, 2.45) is 5.92 Å². The number of aromatic nitrogens is 1. The normalized spacial score (nSPS) is 14.4. The van der Waals surface area contributed by atoms with Gasteiger partial charge in [-0.05, 0) is 44.0 Å². The van der Waals surface area contributed by atoms with E-state index >= 15 is 0 Å². The van der Waals surface area contributed by atoms with Gasteiger partial charge in [-0.3, -0.25) is 4.79 Å². The van der Waals surface area contributed by atoms with Gasteiger partial charge in [0, 0.05) is 5.92 Å². The first-order chi connectivity index (χ1) is 13.2. The van der Waals surface area contributed by atoms with Gasteiger partial charge in [0.1, 0.15) is 5.82 Å². The molecule has 0 saturated heterocycles. The van der Waals surface area contributed by atoms with Gasteiger partial charge in [0.2, 0.25) is 5.91 Å². The molecule has 0 unspecified atom stereocenters. The molecule has 1 aromatic carbocycles. The molecule has 0 spiro atoms. The lowest BCUT2D eigenvalue weighted by Gasteiger charge is -2.20. The van der Waals surface area contributed by atoms with Gasteiger partial charge in [-0.15, -0.1) is 0 Å². The first-order valence-corrected chi connectivity index (χ1v) is 9.47. The van der Waals surface area contributed by atoms with Gasteiger partial charge in [0.25, 0.3) is 0 Å². The van der Waals surface area contributed by atoms with Crippen LogP contribution in [0.5, 0.6) is 0 Å². The molecule has 1 aromatic heterocycles. The minimum absolute atomic E-state index is 0.0739. The Labute approximate surface area is 159 Å². The van der Waals surface area contributed by atoms with E-state index in [1.54, 1.807) is 37.4 Å². The van der Waals surface area contributed by atoms with Crippen molar-refractivity contribution in [3.8, 4) is 0 Å². The zero-order valence-corrected chi connectivity index (χ0v) is 15.5. The van der Waals surface area contributed by atoms with Gasteiger partial charge in [-0.2, -0.15) is 0 Å². The van der Waals surface area contributed by atoms with Gasteiger partial charge < -0.3 is 15.4 Å². The number of hydrogen-bond donors (Lipinski definition) is 2. The summed E-state index contributed by atoms with van der Waals surface area (Å²) in [5.74, 6) is 0.386. The predicted octanol–water partition coefficient (Wildman–Crippen LogP) is 4.52. The molecule has 6 nitrogen and oxygen atoms in total. The second-order valence-corrected chi connectivity index (χ2v) is 6.65. The van der Waals surface area contributed by atoms with Crippen molar-refractivity contribution in [3.05, 3.63) is 48.2 Å². The smallest absolute Gasteiger partial charge is 0.340 e. The SMILES string of the molecule is CCOC(=O)c1ccccc1Nc1ccc(NC(=O)C2CCCCC2)cn1. The molecule has 0 atom stereocenters. The van der Waals surface area contributed by atoms with Crippen LogP contribution in [0.3, 0.4) is 0 Å². The lowest BCUT2D eigenvalue weighted by molar-refractivity contribution is -0.120. The van der Waals surface area contributed by atoms with Crippen molar-refractivity contribution >= 4 is 29.1 Å². The Balaban J connectivity index is 1.64. The monoisotopic (exact) mass is 367 g/mol. The molecule has 2 aromatic rings. The van der Waals surface area contributed by atoms with Crippen LogP contribution < -0.4 is 10.6 Å². The molecule has 0 radical (unpaired) electrons. The number of ether oxygens (including phenoxy) is 1. The highest BCUT2D eigenvalue weighted by molar-refractivity contribution is 5.96. The van der Waals surface area contributed by atoms with Crippen molar-refractivity contribution < 1.29 is 14.3 Å². The van der Waals surface area contributed by atoms with Crippen LogP contribution >= 0.6 is 0 Å². The van der Waals surface area contributed by atoms with Gasteiger partial charge in [0.15, 0.2) is 0 Å². The summed E-state index contributed by atoms with van der Waals surface area (Å²) in [5, 5.41) is 6.08. The Hall–Kier alpha value is -2.89. The van der Waals surface area contributed by atoms with Crippen molar-refractivity contribution in [2.45, 2.75) is 39.0 Å². The quantitative estimate of drug-likeness (QED) is 0.734. The third kappa shape index (κ3) is 5.06. The fraction of sp³-hybridized carbons (Fsp3) is 0.381. The van der Waals surface area contributed by atoms with Crippen LogP contribution in [-0.4, -0.2) is 23.5 Å². The molecule has 1 heterocycles. The summed E-state index contributed by atoms with van der Waals surface area (Å²) in [6.45, 7) is 2.09. The molecule has 0 bridgehead atoms. The number of anilines is 3. The summed E-state index contributed by atoms with van der Waals surface area (Å²) < 4.78 is 5.08. The van der Waals surface area contributed by atoms with Crippen molar-refractivity contribution in [1.82, 2.24) is 4.98 Å². The van der Waals surface area contributed by atoms with E-state index in [0.717, 1.165) is 25.7 Å². The molecule has 1 saturated carbocycles. The van der Waals surface area contributed by atoms with E-state index in [2.05, 4.69) is 15.6 Å². The van der Waals surface area contributed by atoms with Crippen LogP contribution in [0.2, 0.25) is 0 Å². The topological polar surface area (TPSA) is 80.3 Å². The number of nitrogens with zero attached hydrogens (tertiary/aromatic N) is 1. The van der Waals surface area contributed by atoms with Crippen LogP contribution in [0, 0.1) is 5.92 Å². The average Bonchev–Trinajstić information content (AvgIpc) is 2.70. The van der Waals surface area contributed by atoms with Crippen molar-refractivity contribution in [3.63, 3.8) is 0 Å². The molecule has 1 fully saturated rings. The number of esters is 1. The van der Waals surface area contributed by atoms with E-state index < -0.39 is 0 Å². The Bertz CT molecular complexity index is 784. The molecule has 27 heavy (non-hydrogen) atoms. The Kier molecular flexibility index (Phi) is 6.41. The molecule has 1 amide bonds. The van der Waals surface area contributed by atoms with E-state index in [-0.39, 0.29) is 17.8 Å². The summed E-state index contributed by atoms with van der Waals surface area (Å²) in [4.78, 5) is 28.7. The van der Waals surface area contributed by atoms with E-state index in [1.807, 2.05) is 12.1 Å². The number of carbonyl (C=O) groups is 2. The number of rotatable bonds is 6. The van der Waals surface area contributed by atoms with Gasteiger partial charge in [0.05, 0.1) is 29.7 Å². The molecule has 3 rings (SSSR count). The second kappa shape index (κ2) is 9.16. The molecule has 0 aliphatic heterocycles. The molecule has 6 heteroatoms. The first-order valence-electron chi connectivity index (χ1n) is 9.47. The average molecular weight is 367 g/mol. The van der Waals surface area contributed by atoms with Crippen LogP contribution in [-0.2, 0) is 9.53 Å². The fourth-order valence-corrected chi connectivity index (χ4v) is 3.27. The largest absolute Gasteiger partial charge is 0.462 e. The Morgan fingerprint density at radius 1 is 1.11 bits per heavy atom. The molecular weight excluding hydrogens is 342 g/mol. The van der Waals surface area contributed by atoms with E-state index in [9.17, 15) is 9.59 Å². The standard InChI is InChI=1S/C21H25N3O3/c1-2-27-21(26)17-10-6-7-11-18(17)24-19-13-12-16(14-22-19)23-20(25)15-8-4-3-5-9-15/h6-7,10-15H,2-5,8-9H2,1H3,(H,22,24)(H,23,25). The van der Waals surface area contributed by atoms with Gasteiger partial charge >= 0.3 is 5.97 Å². The summed E-state index contributed by atoms with van der Waals surface area (Å²) in [6, 6.07) is 10.7. The van der Waals surface area contributed by atoms with Crippen LogP contribution in [0.15, 0.2) is 42.6 Å². The zero-order valence-electron chi connectivity index (χ0n) is 15.5. The highest BCUT2D eigenvalue weighted by atomic mass is 16.5. The zero-order chi connectivity index (χ0) is 19.1. The summed E-state index contributed by atoms with van der Waals surface area (Å²) in [5.41, 5.74) is 1.76. The maximum atomic E-state index is 12.3. The number of amides is 1. The summed E-state index contributed by atoms with van der Waals surface area (Å²) in [6.07, 6.45) is 7.01. The lowest BCUT2D eigenvalue weighted by Crippen LogP contribution is -2.24. The molecule has 142 valence electrons. The van der Waals surface area contributed by atoms with Gasteiger partial charge in [-0.25, -0.2) is 9.78 Å². The lowest BCUT2D eigenvalue weighted by atomic mass is 9.88. The maximum Gasteiger partial charge on any atom is 0.340 e. The van der Waals surface area contributed by atoms with Crippen molar-refractivity contribution in [1.29, 1.82) is 0 Å². The molecular formula is C21H25N3O3. The summed E-state index contributed by atoms with van der Waals surface area (Å²) in [7, 11) is 0. The van der Waals surface area contributed by atoms with E-state index in [0.29, 0.717) is 29.4 Å². The highest BCUT2D eigenvalue weighted by Crippen LogP contribution is 2.25. The van der Waals surface area contributed by atoms with Crippen LogP contribution in [0.25, 0.3) is 0 Å². The molecule has 2 N–H and O–H groups in total. The number of para-hydroxylation sites is 1. The minimum atomic E-state index is -0.378. The Morgan fingerprint density at radius 2 is 1.89 bits per heavy atom. The fourth-order valence-electron chi connectivity index (χ4n) is 3.27. The summed E-state index contributed by atoms with van der Waals surface area (Å²) >= 11 is 0. The molecule has 1 aliphatic carbocycles. The number of benzene rings is 1. The number of pyridine rings is 1. The number of hydrogen-bond acceptors (Lipinski definition) is 5. The first kappa shape index (κ1) is 18.9. The second-order valence-electron chi connectivity index (χ2n) is 6.65. The third-order valence-electron chi connectivity index (χ3n) is 4.69. The number of nitrogens with one attached hydrogen (secondary N) is 2. The van der Waals surface area contributed by atoms with Crippen LogP contribution in [0.1, 0.15) is 49.4 Å². The number of carbonyl (C=O) groups excluding carboxylic acids is 2.